The van der Waals surface area contributed by atoms with Gasteiger partial charge >= 0.3 is 0 Å². The predicted molar refractivity (Wildman–Crippen MR) is 74.7 cm³/mol. The zero-order valence-electron chi connectivity index (χ0n) is 11.6. The highest BCUT2D eigenvalue weighted by Gasteiger charge is 2.27. The highest BCUT2D eigenvalue weighted by atomic mass is 16.1. The first-order valence-electron chi connectivity index (χ1n) is 6.88. The Morgan fingerprint density at radius 1 is 1.22 bits per heavy atom. The number of hydrogen-bond donors (Lipinski definition) is 1. The highest BCUT2D eigenvalue weighted by molar-refractivity contribution is 5.79. The summed E-state index contributed by atoms with van der Waals surface area (Å²) in [4.78, 5) is 11.3. The number of benzene rings is 1. The van der Waals surface area contributed by atoms with Crippen molar-refractivity contribution in [1.29, 1.82) is 0 Å². The fourth-order valence-electron chi connectivity index (χ4n) is 3.12. The molecule has 0 bridgehead atoms. The molecular weight excluding hydrogens is 222 g/mol. The lowest BCUT2D eigenvalue weighted by Gasteiger charge is -2.31. The molecule has 1 aliphatic carbocycles. The largest absolute Gasteiger partial charge is 0.313 e. The first-order valence-corrected chi connectivity index (χ1v) is 6.88. The molecule has 0 aromatic heterocycles. The van der Waals surface area contributed by atoms with Crippen LogP contribution in [-0.4, -0.2) is 12.8 Å². The van der Waals surface area contributed by atoms with Crippen molar-refractivity contribution in [3.05, 3.63) is 34.9 Å². The van der Waals surface area contributed by atoms with E-state index in [9.17, 15) is 4.79 Å². The van der Waals surface area contributed by atoms with E-state index in [0.717, 1.165) is 25.7 Å². The molecule has 0 aliphatic heterocycles. The van der Waals surface area contributed by atoms with Gasteiger partial charge in [0.1, 0.15) is 5.78 Å². The minimum atomic E-state index is 0.388. The predicted octanol–water partition coefficient (Wildman–Crippen LogP) is 3.32. The molecule has 98 valence electrons. The Kier molecular flexibility index (Phi) is 4.18. The molecule has 0 saturated heterocycles. The van der Waals surface area contributed by atoms with Crippen LogP contribution >= 0.6 is 0 Å². The van der Waals surface area contributed by atoms with Crippen molar-refractivity contribution < 1.29 is 4.79 Å². The summed E-state index contributed by atoms with van der Waals surface area (Å²) < 4.78 is 0. The Bertz CT molecular complexity index is 429. The zero-order chi connectivity index (χ0) is 13.1. The van der Waals surface area contributed by atoms with E-state index in [1.54, 1.807) is 0 Å². The maximum absolute atomic E-state index is 11.3. The first kappa shape index (κ1) is 13.3. The van der Waals surface area contributed by atoms with Gasteiger partial charge < -0.3 is 5.32 Å². The molecule has 2 nitrogen and oxygen atoms in total. The van der Waals surface area contributed by atoms with Crippen LogP contribution in [0.2, 0.25) is 0 Å². The van der Waals surface area contributed by atoms with Gasteiger partial charge in [-0.2, -0.15) is 0 Å². The van der Waals surface area contributed by atoms with E-state index in [1.807, 2.05) is 7.05 Å². The molecule has 0 spiro atoms. The quantitative estimate of drug-likeness (QED) is 0.885. The Hall–Kier alpha value is -1.15. The lowest BCUT2D eigenvalue weighted by molar-refractivity contribution is -0.121. The first-order chi connectivity index (χ1) is 8.61. The van der Waals surface area contributed by atoms with Crippen molar-refractivity contribution in [3.63, 3.8) is 0 Å². The minimum Gasteiger partial charge on any atom is -0.313 e. The van der Waals surface area contributed by atoms with Crippen LogP contribution in [0.1, 0.15) is 48.4 Å². The Morgan fingerprint density at radius 2 is 1.89 bits per heavy atom. The van der Waals surface area contributed by atoms with Gasteiger partial charge in [-0.05, 0) is 50.8 Å². The molecule has 18 heavy (non-hydrogen) atoms. The van der Waals surface area contributed by atoms with Crippen LogP contribution in [0.4, 0.5) is 0 Å². The molecule has 1 aromatic carbocycles. The summed E-state index contributed by atoms with van der Waals surface area (Å²) in [6.07, 6.45) is 3.57. The topological polar surface area (TPSA) is 29.1 Å². The van der Waals surface area contributed by atoms with E-state index >= 15 is 0 Å². The van der Waals surface area contributed by atoms with Gasteiger partial charge in [0, 0.05) is 18.9 Å². The molecule has 1 N–H and O–H groups in total. The Balaban J connectivity index is 2.19. The van der Waals surface area contributed by atoms with Gasteiger partial charge in [0.2, 0.25) is 0 Å². The van der Waals surface area contributed by atoms with Crippen molar-refractivity contribution in [2.24, 2.45) is 5.92 Å². The van der Waals surface area contributed by atoms with E-state index in [4.69, 9.17) is 0 Å². The number of nitrogens with one attached hydrogen (secondary N) is 1. The summed E-state index contributed by atoms with van der Waals surface area (Å²) in [5, 5.41) is 3.45. The molecule has 1 fully saturated rings. The highest BCUT2D eigenvalue weighted by Crippen LogP contribution is 2.34. The second kappa shape index (κ2) is 5.66. The van der Waals surface area contributed by atoms with Crippen molar-refractivity contribution >= 4 is 5.78 Å². The molecule has 1 unspecified atom stereocenters. The maximum Gasteiger partial charge on any atom is 0.132 e. The molecular formula is C16H23NO. The normalized spacial score (nSPS) is 18.9. The molecule has 1 atom stereocenters. The van der Waals surface area contributed by atoms with E-state index in [1.165, 1.54) is 16.7 Å². The summed E-state index contributed by atoms with van der Waals surface area (Å²) in [7, 11) is 2.03. The molecule has 0 radical (unpaired) electrons. The second-order valence-electron chi connectivity index (χ2n) is 5.50. The van der Waals surface area contributed by atoms with Crippen molar-refractivity contribution in [1.82, 2.24) is 5.32 Å². The average Bonchev–Trinajstić information content (AvgIpc) is 2.35. The molecule has 0 heterocycles. The van der Waals surface area contributed by atoms with Gasteiger partial charge in [-0.15, -0.1) is 0 Å². The van der Waals surface area contributed by atoms with Crippen molar-refractivity contribution in [3.8, 4) is 0 Å². The van der Waals surface area contributed by atoms with Gasteiger partial charge in [-0.25, -0.2) is 0 Å². The van der Waals surface area contributed by atoms with Crippen LogP contribution in [0.3, 0.4) is 0 Å². The third-order valence-electron chi connectivity index (χ3n) is 4.13. The van der Waals surface area contributed by atoms with E-state index in [0.29, 0.717) is 17.7 Å². The summed E-state index contributed by atoms with van der Waals surface area (Å²) in [6.45, 7) is 4.31. The van der Waals surface area contributed by atoms with Gasteiger partial charge in [0.25, 0.3) is 0 Å². The molecule has 2 rings (SSSR count). The summed E-state index contributed by atoms with van der Waals surface area (Å²) >= 11 is 0. The molecule has 1 aliphatic rings. The fourth-order valence-corrected chi connectivity index (χ4v) is 3.12. The average molecular weight is 245 g/mol. The zero-order valence-corrected chi connectivity index (χ0v) is 11.6. The SMILES string of the molecule is CNC(c1ccc(C)cc1C)C1CCC(=O)CC1. The van der Waals surface area contributed by atoms with Gasteiger partial charge in [0.05, 0.1) is 0 Å². The van der Waals surface area contributed by atoms with Crippen LogP contribution in [0.5, 0.6) is 0 Å². The number of aryl methyl sites for hydroxylation is 2. The summed E-state index contributed by atoms with van der Waals surface area (Å²) in [6, 6.07) is 7.05. The lowest BCUT2D eigenvalue weighted by Crippen LogP contribution is -2.29. The van der Waals surface area contributed by atoms with Gasteiger partial charge in [0.15, 0.2) is 0 Å². The number of carbonyl (C=O) groups is 1. The smallest absolute Gasteiger partial charge is 0.132 e. The van der Waals surface area contributed by atoms with E-state index in [-0.39, 0.29) is 0 Å². The second-order valence-corrected chi connectivity index (χ2v) is 5.50. The van der Waals surface area contributed by atoms with E-state index in [2.05, 4.69) is 37.4 Å². The third kappa shape index (κ3) is 2.81. The van der Waals surface area contributed by atoms with Crippen molar-refractivity contribution in [2.75, 3.05) is 7.05 Å². The van der Waals surface area contributed by atoms with Gasteiger partial charge in [-0.1, -0.05) is 23.8 Å². The molecule has 0 amide bonds. The molecule has 2 heteroatoms. The minimum absolute atomic E-state index is 0.388. The van der Waals surface area contributed by atoms with Crippen LogP contribution < -0.4 is 5.32 Å². The Morgan fingerprint density at radius 3 is 2.44 bits per heavy atom. The third-order valence-corrected chi connectivity index (χ3v) is 4.13. The van der Waals surface area contributed by atoms with E-state index < -0.39 is 0 Å². The summed E-state index contributed by atoms with van der Waals surface area (Å²) in [5.74, 6) is 1.02. The number of ketones is 1. The van der Waals surface area contributed by atoms with Gasteiger partial charge in [-0.3, -0.25) is 4.79 Å². The van der Waals surface area contributed by atoms with Crippen molar-refractivity contribution in [2.45, 2.75) is 45.6 Å². The molecule has 1 aromatic rings. The monoisotopic (exact) mass is 245 g/mol. The standard InChI is InChI=1S/C16H23NO/c1-11-4-9-15(12(2)10-11)16(17-3)13-5-7-14(18)8-6-13/h4,9-10,13,16-17H,5-8H2,1-3H3. The Labute approximate surface area is 110 Å². The maximum atomic E-state index is 11.3. The van der Waals surface area contributed by atoms with Crippen LogP contribution in [0.25, 0.3) is 0 Å². The fraction of sp³-hybridized carbons (Fsp3) is 0.562. The van der Waals surface area contributed by atoms with Crippen LogP contribution in [0, 0.1) is 19.8 Å². The number of carbonyl (C=O) groups excluding carboxylic acids is 1. The summed E-state index contributed by atoms with van der Waals surface area (Å²) in [5.41, 5.74) is 4.05. The van der Waals surface area contributed by atoms with Crippen LogP contribution in [-0.2, 0) is 4.79 Å². The van der Waals surface area contributed by atoms with Crippen LogP contribution in [0.15, 0.2) is 18.2 Å². The number of hydrogen-bond acceptors (Lipinski definition) is 2. The lowest BCUT2D eigenvalue weighted by atomic mass is 9.79. The number of rotatable bonds is 3. The number of Topliss-reactive ketones (excluding diaryl/α,β-unsaturated/α-hetero) is 1. The molecule has 1 saturated carbocycles.